The van der Waals surface area contributed by atoms with Gasteiger partial charge in [0.05, 0.1) is 12.2 Å². The molecule has 1 heterocycles. The largest absolute Gasteiger partial charge is 0.462 e. The average molecular weight is 406 g/mol. The molecule has 0 aliphatic heterocycles. The van der Waals surface area contributed by atoms with Crippen LogP contribution >= 0.6 is 11.3 Å². The van der Waals surface area contributed by atoms with Gasteiger partial charge in [0, 0.05) is 6.08 Å². The van der Waals surface area contributed by atoms with E-state index in [0.717, 1.165) is 11.3 Å². The van der Waals surface area contributed by atoms with Gasteiger partial charge in [-0.15, -0.1) is 11.3 Å². The van der Waals surface area contributed by atoms with Gasteiger partial charge in [-0.1, -0.05) is 12.1 Å². The van der Waals surface area contributed by atoms with E-state index in [1.54, 1.807) is 13.8 Å². The zero-order valence-corrected chi connectivity index (χ0v) is 15.8. The Morgan fingerprint density at radius 1 is 1.32 bits per heavy atom. The molecule has 2 aromatic rings. The van der Waals surface area contributed by atoms with Gasteiger partial charge in [0.15, 0.2) is 0 Å². The topological polar surface area (TPSA) is 88.4 Å². The summed E-state index contributed by atoms with van der Waals surface area (Å²) in [5.41, 5.74) is 1.23. The van der Waals surface area contributed by atoms with Crippen molar-refractivity contribution in [3.63, 3.8) is 0 Å². The summed E-state index contributed by atoms with van der Waals surface area (Å²) in [6, 6.07) is 7.70. The number of esters is 1. The van der Waals surface area contributed by atoms with Gasteiger partial charge in [-0.2, -0.15) is 14.0 Å². The molecule has 1 aromatic carbocycles. The maximum atomic E-state index is 12.1. The molecule has 6 nitrogen and oxygen atoms in total. The summed E-state index contributed by atoms with van der Waals surface area (Å²) in [6.45, 7) is 0.570. The van der Waals surface area contributed by atoms with Crippen molar-refractivity contribution in [3.8, 4) is 11.8 Å². The number of rotatable bonds is 7. The summed E-state index contributed by atoms with van der Waals surface area (Å²) in [6.07, 6.45) is 2.70. The Morgan fingerprint density at radius 3 is 2.57 bits per heavy atom. The molecule has 0 unspecified atom stereocenters. The van der Waals surface area contributed by atoms with Crippen molar-refractivity contribution in [2.75, 3.05) is 11.9 Å². The number of nitrogens with zero attached hydrogens (tertiary/aromatic N) is 1. The molecule has 1 aromatic heterocycles. The number of hydrogen-bond acceptors (Lipinski definition) is 6. The number of hydrogen-bond donors (Lipinski definition) is 1. The molecular weight excluding hydrogens is 390 g/mol. The van der Waals surface area contributed by atoms with E-state index in [9.17, 15) is 23.6 Å². The fourth-order valence-electron chi connectivity index (χ4n) is 2.21. The monoisotopic (exact) mass is 406 g/mol. The van der Waals surface area contributed by atoms with E-state index >= 15 is 0 Å². The molecule has 1 amide bonds. The molecule has 1 N–H and O–H groups in total. The highest BCUT2D eigenvalue weighted by Gasteiger charge is 2.21. The zero-order valence-electron chi connectivity index (χ0n) is 15.0. The highest BCUT2D eigenvalue weighted by Crippen LogP contribution is 2.33. The number of nitriles is 1. The lowest BCUT2D eigenvalue weighted by Crippen LogP contribution is -2.07. The molecule has 146 valence electrons. The minimum Gasteiger partial charge on any atom is -0.462 e. The fraction of sp³-hybridized carbons (Fsp3) is 0.211. The second kappa shape index (κ2) is 9.62. The van der Waals surface area contributed by atoms with Gasteiger partial charge in [0.2, 0.25) is 5.91 Å². The van der Waals surface area contributed by atoms with Crippen LogP contribution in [0, 0.1) is 18.3 Å². The second-order valence-electron chi connectivity index (χ2n) is 5.36. The first-order valence-corrected chi connectivity index (χ1v) is 8.91. The Kier molecular flexibility index (Phi) is 7.23. The maximum absolute atomic E-state index is 12.1. The summed E-state index contributed by atoms with van der Waals surface area (Å²) < 4.78 is 33.4. The van der Waals surface area contributed by atoms with Gasteiger partial charge in [-0.25, -0.2) is 4.79 Å². The number of carbonyl (C=O) groups is 2. The first kappa shape index (κ1) is 21.1. The van der Waals surface area contributed by atoms with Crippen LogP contribution in [0.15, 0.2) is 30.3 Å². The number of alkyl halides is 2. The van der Waals surface area contributed by atoms with E-state index in [2.05, 4.69) is 10.1 Å². The molecule has 28 heavy (non-hydrogen) atoms. The van der Waals surface area contributed by atoms with Crippen molar-refractivity contribution >= 4 is 34.3 Å². The Bertz CT molecular complexity index is 931. The van der Waals surface area contributed by atoms with Gasteiger partial charge in [0.25, 0.3) is 0 Å². The van der Waals surface area contributed by atoms with Crippen LogP contribution in [0.5, 0.6) is 5.75 Å². The van der Waals surface area contributed by atoms with Crippen LogP contribution in [0.4, 0.5) is 13.8 Å². The van der Waals surface area contributed by atoms with Crippen molar-refractivity contribution in [3.05, 3.63) is 51.9 Å². The van der Waals surface area contributed by atoms with Gasteiger partial charge >= 0.3 is 12.6 Å². The first-order valence-electron chi connectivity index (χ1n) is 8.10. The number of anilines is 1. The van der Waals surface area contributed by atoms with Gasteiger partial charge in [0.1, 0.15) is 21.7 Å². The van der Waals surface area contributed by atoms with Gasteiger partial charge in [-0.3, -0.25) is 4.79 Å². The normalized spacial score (nSPS) is 10.7. The molecule has 0 aliphatic rings. The van der Waals surface area contributed by atoms with Crippen LogP contribution in [-0.4, -0.2) is 25.1 Å². The maximum Gasteiger partial charge on any atom is 0.387 e. The van der Waals surface area contributed by atoms with E-state index in [-0.39, 0.29) is 27.8 Å². The Morgan fingerprint density at radius 2 is 2.00 bits per heavy atom. The summed E-state index contributed by atoms with van der Waals surface area (Å²) in [7, 11) is 0. The number of halogens is 2. The molecule has 0 saturated carbocycles. The van der Waals surface area contributed by atoms with Crippen molar-refractivity contribution < 1.29 is 27.8 Å². The van der Waals surface area contributed by atoms with Crippen LogP contribution in [0.1, 0.15) is 33.3 Å². The minimum atomic E-state index is -2.91. The van der Waals surface area contributed by atoms with Crippen LogP contribution in [-0.2, 0) is 9.53 Å². The number of thiophene rings is 1. The Balaban J connectivity index is 2.10. The molecule has 0 aliphatic carbocycles. The van der Waals surface area contributed by atoms with Gasteiger partial charge in [-0.05, 0) is 43.2 Å². The standard InChI is InChI=1S/C19H16F2N2O4S/c1-3-26-18(25)16-11(2)14(10-22)17(28-16)23-15(24)9-6-12-4-7-13(8-5-12)27-19(20)21/h4-9,19H,3H2,1-2H3,(H,23,24)/b9-6-. The second-order valence-corrected chi connectivity index (χ2v) is 6.38. The Hall–Kier alpha value is -3.25. The van der Waals surface area contributed by atoms with Crippen LogP contribution in [0.3, 0.4) is 0 Å². The molecule has 0 radical (unpaired) electrons. The lowest BCUT2D eigenvalue weighted by Gasteiger charge is -2.03. The quantitative estimate of drug-likeness (QED) is 0.545. The third-order valence-corrected chi connectivity index (χ3v) is 4.68. The van der Waals surface area contributed by atoms with Crippen LogP contribution in [0.25, 0.3) is 6.08 Å². The third kappa shape index (κ3) is 5.37. The predicted molar refractivity (Wildman–Crippen MR) is 100 cm³/mol. The van der Waals surface area contributed by atoms with Crippen LogP contribution in [0.2, 0.25) is 0 Å². The predicted octanol–water partition coefficient (Wildman–Crippen LogP) is 4.36. The highest BCUT2D eigenvalue weighted by molar-refractivity contribution is 7.18. The van der Waals surface area contributed by atoms with E-state index in [1.807, 2.05) is 6.07 Å². The molecule has 0 bridgehead atoms. The minimum absolute atomic E-state index is 0.0100. The van der Waals surface area contributed by atoms with Crippen molar-refractivity contribution in [1.29, 1.82) is 5.26 Å². The summed E-state index contributed by atoms with van der Waals surface area (Å²) in [4.78, 5) is 24.3. The molecule has 2 rings (SSSR count). The Labute approximate surface area is 164 Å². The zero-order chi connectivity index (χ0) is 20.7. The molecule has 9 heteroatoms. The van der Waals surface area contributed by atoms with Crippen molar-refractivity contribution in [2.45, 2.75) is 20.5 Å². The highest BCUT2D eigenvalue weighted by atomic mass is 32.1. The van der Waals surface area contributed by atoms with Crippen molar-refractivity contribution in [1.82, 2.24) is 0 Å². The summed E-state index contributed by atoms with van der Waals surface area (Å²) >= 11 is 0.966. The number of amides is 1. The first-order chi connectivity index (χ1) is 13.3. The van der Waals surface area contributed by atoms with E-state index < -0.39 is 18.5 Å². The molecule has 0 atom stereocenters. The smallest absolute Gasteiger partial charge is 0.387 e. The number of ether oxygens (including phenoxy) is 2. The lowest BCUT2D eigenvalue weighted by atomic mass is 10.1. The summed E-state index contributed by atoms with van der Waals surface area (Å²) in [5, 5.41) is 12.1. The van der Waals surface area contributed by atoms with Gasteiger partial charge < -0.3 is 14.8 Å². The van der Waals surface area contributed by atoms with Crippen LogP contribution < -0.4 is 10.1 Å². The van der Waals surface area contributed by atoms with E-state index in [0.29, 0.717) is 11.1 Å². The molecule has 0 saturated heterocycles. The fourth-order valence-corrected chi connectivity index (χ4v) is 3.27. The van der Waals surface area contributed by atoms with E-state index in [1.165, 1.54) is 36.4 Å². The SMILES string of the molecule is CCOC(=O)c1sc(NC(=O)/C=C\c2ccc(OC(F)F)cc2)c(C#N)c1C. The number of benzene rings is 1. The molecular formula is C19H16F2N2O4S. The summed E-state index contributed by atoms with van der Waals surface area (Å²) in [5.74, 6) is -1.06. The van der Waals surface area contributed by atoms with Crippen molar-refractivity contribution in [2.24, 2.45) is 0 Å². The lowest BCUT2D eigenvalue weighted by molar-refractivity contribution is -0.111. The number of nitrogens with one attached hydrogen (secondary N) is 1. The average Bonchev–Trinajstić information content (AvgIpc) is 2.96. The molecule has 0 fully saturated rings. The number of carbonyl (C=O) groups excluding carboxylic acids is 2. The molecule has 0 spiro atoms. The third-order valence-electron chi connectivity index (χ3n) is 3.49. The van der Waals surface area contributed by atoms with E-state index in [4.69, 9.17) is 4.74 Å².